The van der Waals surface area contributed by atoms with Gasteiger partial charge in [0.2, 0.25) is 5.91 Å². The van der Waals surface area contributed by atoms with Gasteiger partial charge in [-0.2, -0.15) is 0 Å². The second-order valence-corrected chi connectivity index (χ2v) is 7.06. The molecule has 9 heteroatoms. The molecular formula is C17H24F3N3O3. The van der Waals surface area contributed by atoms with E-state index in [1.165, 1.54) is 12.3 Å². The Labute approximate surface area is 150 Å². The lowest BCUT2D eigenvalue weighted by Crippen LogP contribution is -2.49. The van der Waals surface area contributed by atoms with E-state index >= 15 is 0 Å². The third-order valence-corrected chi connectivity index (χ3v) is 4.10. The molecule has 2 rings (SSSR count). The topological polar surface area (TPSA) is 63.7 Å². The quantitative estimate of drug-likeness (QED) is 0.794. The standard InChI is InChI=1S/C17H24F3N3O3/c1-16(2,22-14(24)10-12-6-5-9-23(12)3)11-25-15-13(7-4-8-21-15)26-17(18,19)20/h4,7-8,12H,5-6,9-11H2,1-3H3,(H,22,24)/t12-/m1/s1. The number of nitrogens with zero attached hydrogens (tertiary/aromatic N) is 2. The first-order valence-corrected chi connectivity index (χ1v) is 8.40. The third-order valence-electron chi connectivity index (χ3n) is 4.10. The number of aromatic nitrogens is 1. The van der Waals surface area contributed by atoms with Gasteiger partial charge in [-0.3, -0.25) is 4.79 Å². The van der Waals surface area contributed by atoms with Gasteiger partial charge in [0.25, 0.3) is 5.88 Å². The number of pyridine rings is 1. The number of hydrogen-bond acceptors (Lipinski definition) is 5. The summed E-state index contributed by atoms with van der Waals surface area (Å²) in [5.74, 6) is -0.914. The highest BCUT2D eigenvalue weighted by Gasteiger charge is 2.33. The number of nitrogens with one attached hydrogen (secondary N) is 1. The van der Waals surface area contributed by atoms with Crippen molar-refractivity contribution in [2.75, 3.05) is 20.2 Å². The molecule has 0 radical (unpaired) electrons. The van der Waals surface area contributed by atoms with Gasteiger partial charge in [0.1, 0.15) is 6.61 Å². The van der Waals surface area contributed by atoms with Crippen LogP contribution in [0.5, 0.6) is 11.6 Å². The van der Waals surface area contributed by atoms with Gasteiger partial charge < -0.3 is 19.7 Å². The molecule has 0 aromatic carbocycles. The van der Waals surface area contributed by atoms with Gasteiger partial charge in [-0.05, 0) is 52.4 Å². The molecule has 1 fully saturated rings. The molecule has 1 amide bonds. The van der Waals surface area contributed by atoms with Crippen molar-refractivity contribution in [3.63, 3.8) is 0 Å². The minimum atomic E-state index is -4.84. The molecule has 1 saturated heterocycles. The van der Waals surface area contributed by atoms with Gasteiger partial charge in [-0.1, -0.05) is 0 Å². The first kappa shape index (κ1) is 20.3. The van der Waals surface area contributed by atoms with Gasteiger partial charge in [0, 0.05) is 18.7 Å². The van der Waals surface area contributed by atoms with Gasteiger partial charge in [0.05, 0.1) is 5.54 Å². The molecule has 0 bridgehead atoms. The molecule has 2 heterocycles. The summed E-state index contributed by atoms with van der Waals surface area (Å²) in [4.78, 5) is 18.2. The lowest BCUT2D eigenvalue weighted by atomic mass is 10.1. The summed E-state index contributed by atoms with van der Waals surface area (Å²) < 4.78 is 46.6. The molecule has 0 spiro atoms. The van der Waals surface area contributed by atoms with Crippen molar-refractivity contribution in [3.8, 4) is 11.6 Å². The minimum absolute atomic E-state index is 0.0511. The summed E-state index contributed by atoms with van der Waals surface area (Å²) in [5.41, 5.74) is -0.777. The monoisotopic (exact) mass is 375 g/mol. The number of likely N-dealkylation sites (tertiary alicyclic amines) is 1. The van der Waals surface area contributed by atoms with E-state index in [4.69, 9.17) is 4.74 Å². The Morgan fingerprint density at radius 3 is 2.77 bits per heavy atom. The fourth-order valence-corrected chi connectivity index (χ4v) is 2.85. The number of carbonyl (C=O) groups excluding carboxylic acids is 1. The summed E-state index contributed by atoms with van der Waals surface area (Å²) in [6.45, 7) is 4.39. The Kier molecular flexibility index (Phi) is 6.33. The van der Waals surface area contributed by atoms with Gasteiger partial charge in [-0.15, -0.1) is 13.2 Å². The molecule has 0 unspecified atom stereocenters. The van der Waals surface area contributed by atoms with Crippen LogP contribution in [-0.2, 0) is 4.79 Å². The Morgan fingerprint density at radius 1 is 1.42 bits per heavy atom. The number of carbonyl (C=O) groups is 1. The molecule has 1 aromatic rings. The highest BCUT2D eigenvalue weighted by Crippen LogP contribution is 2.30. The number of rotatable bonds is 7. The average Bonchev–Trinajstić information content (AvgIpc) is 2.89. The number of halogens is 3. The fourth-order valence-electron chi connectivity index (χ4n) is 2.85. The molecule has 1 N–H and O–H groups in total. The smallest absolute Gasteiger partial charge is 0.473 e. The number of amides is 1. The molecule has 26 heavy (non-hydrogen) atoms. The zero-order valence-corrected chi connectivity index (χ0v) is 15.1. The van der Waals surface area contributed by atoms with Gasteiger partial charge >= 0.3 is 6.36 Å². The molecule has 0 saturated carbocycles. The molecule has 1 aromatic heterocycles. The van der Waals surface area contributed by atoms with Crippen LogP contribution in [0.2, 0.25) is 0 Å². The van der Waals surface area contributed by atoms with Crippen molar-refractivity contribution in [1.29, 1.82) is 0 Å². The minimum Gasteiger partial charge on any atom is -0.473 e. The Morgan fingerprint density at radius 2 is 2.15 bits per heavy atom. The second kappa shape index (κ2) is 8.11. The van der Waals surface area contributed by atoms with E-state index < -0.39 is 17.7 Å². The van der Waals surface area contributed by atoms with Crippen molar-refractivity contribution >= 4 is 5.91 Å². The summed E-state index contributed by atoms with van der Waals surface area (Å²) in [6.07, 6.45) is -1.10. The third kappa shape index (κ3) is 6.36. The summed E-state index contributed by atoms with van der Waals surface area (Å²) in [6, 6.07) is 2.66. The van der Waals surface area contributed by atoms with Crippen LogP contribution >= 0.6 is 0 Å². The van der Waals surface area contributed by atoms with Crippen LogP contribution in [0, 0.1) is 0 Å². The van der Waals surface area contributed by atoms with E-state index in [2.05, 4.69) is 19.9 Å². The summed E-state index contributed by atoms with van der Waals surface area (Å²) >= 11 is 0. The van der Waals surface area contributed by atoms with Crippen LogP contribution in [0.25, 0.3) is 0 Å². The normalized spacial score (nSPS) is 18.6. The van der Waals surface area contributed by atoms with Crippen LogP contribution in [0.4, 0.5) is 13.2 Å². The van der Waals surface area contributed by atoms with Crippen molar-refractivity contribution in [3.05, 3.63) is 18.3 Å². The van der Waals surface area contributed by atoms with E-state index in [-0.39, 0.29) is 24.4 Å². The first-order chi connectivity index (χ1) is 12.1. The largest absolute Gasteiger partial charge is 0.573 e. The van der Waals surface area contributed by atoms with E-state index in [1.807, 2.05) is 7.05 Å². The van der Waals surface area contributed by atoms with Crippen molar-refractivity contribution in [1.82, 2.24) is 15.2 Å². The SMILES string of the molecule is CN1CCC[C@@H]1CC(=O)NC(C)(C)COc1ncccc1OC(F)(F)F. The van der Waals surface area contributed by atoms with E-state index in [9.17, 15) is 18.0 Å². The van der Waals surface area contributed by atoms with Crippen LogP contribution in [-0.4, -0.2) is 53.9 Å². The van der Waals surface area contributed by atoms with Gasteiger partial charge in [0.15, 0.2) is 5.75 Å². The average molecular weight is 375 g/mol. The van der Waals surface area contributed by atoms with E-state index in [0.29, 0.717) is 6.42 Å². The maximum Gasteiger partial charge on any atom is 0.573 e. The summed E-state index contributed by atoms with van der Waals surface area (Å²) in [5, 5.41) is 2.86. The molecule has 146 valence electrons. The predicted molar refractivity (Wildman–Crippen MR) is 88.9 cm³/mol. The van der Waals surface area contributed by atoms with Gasteiger partial charge in [-0.25, -0.2) is 4.98 Å². The molecule has 0 aliphatic carbocycles. The number of hydrogen-bond donors (Lipinski definition) is 1. The van der Waals surface area contributed by atoms with Crippen molar-refractivity contribution in [2.24, 2.45) is 0 Å². The lowest BCUT2D eigenvalue weighted by Gasteiger charge is -2.28. The van der Waals surface area contributed by atoms with Crippen molar-refractivity contribution < 1.29 is 27.4 Å². The highest BCUT2D eigenvalue weighted by molar-refractivity contribution is 5.77. The Hall–Kier alpha value is -2.03. The molecule has 1 aliphatic heterocycles. The van der Waals surface area contributed by atoms with Crippen LogP contribution in [0.3, 0.4) is 0 Å². The molecule has 1 aliphatic rings. The van der Waals surface area contributed by atoms with Crippen molar-refractivity contribution in [2.45, 2.75) is 51.1 Å². The highest BCUT2D eigenvalue weighted by atomic mass is 19.4. The van der Waals surface area contributed by atoms with Crippen LogP contribution < -0.4 is 14.8 Å². The fraction of sp³-hybridized carbons (Fsp3) is 0.647. The zero-order valence-electron chi connectivity index (χ0n) is 15.1. The Bertz CT molecular complexity index is 623. The van der Waals surface area contributed by atoms with Crippen LogP contribution in [0.1, 0.15) is 33.1 Å². The summed E-state index contributed by atoms with van der Waals surface area (Å²) in [7, 11) is 1.99. The molecule has 6 nitrogen and oxygen atoms in total. The van der Waals surface area contributed by atoms with E-state index in [0.717, 1.165) is 25.5 Å². The Balaban J connectivity index is 1.90. The maximum absolute atomic E-state index is 12.4. The number of ether oxygens (including phenoxy) is 2. The molecular weight excluding hydrogens is 351 g/mol. The van der Waals surface area contributed by atoms with E-state index in [1.54, 1.807) is 13.8 Å². The number of alkyl halides is 3. The van der Waals surface area contributed by atoms with Crippen LogP contribution in [0.15, 0.2) is 18.3 Å². The zero-order chi connectivity index (χ0) is 19.4. The molecule has 1 atom stereocenters. The first-order valence-electron chi connectivity index (χ1n) is 8.40. The lowest BCUT2D eigenvalue weighted by molar-refractivity contribution is -0.275. The predicted octanol–water partition coefficient (Wildman–Crippen LogP) is 2.74. The maximum atomic E-state index is 12.4. The second-order valence-electron chi connectivity index (χ2n) is 7.06.